The molecule has 278 valence electrons. The van der Waals surface area contributed by atoms with Gasteiger partial charge in [0, 0.05) is 50.0 Å². The molecular formula is C51H35N4OPt-3. The molecule has 0 saturated heterocycles. The summed E-state index contributed by atoms with van der Waals surface area (Å²) in [5, 5.41) is 2.18. The smallest absolute Gasteiger partial charge is 0.135 e. The summed E-state index contributed by atoms with van der Waals surface area (Å²) in [7, 11) is 0. The van der Waals surface area contributed by atoms with Gasteiger partial charge in [0.15, 0.2) is 0 Å². The van der Waals surface area contributed by atoms with Crippen LogP contribution < -0.4 is 14.5 Å². The fourth-order valence-corrected chi connectivity index (χ4v) is 8.02. The number of aromatic nitrogens is 2. The van der Waals surface area contributed by atoms with Crippen LogP contribution in [0.3, 0.4) is 0 Å². The molecule has 0 unspecified atom stereocenters. The van der Waals surface area contributed by atoms with Gasteiger partial charge in [-0.05, 0) is 70.4 Å². The molecule has 7 aromatic carbocycles. The molecule has 6 heteroatoms. The number of para-hydroxylation sites is 2. The number of anilines is 2. The van der Waals surface area contributed by atoms with Gasteiger partial charge in [0.25, 0.3) is 0 Å². The van der Waals surface area contributed by atoms with Crippen LogP contribution in [0.25, 0.3) is 27.6 Å². The van der Waals surface area contributed by atoms with E-state index in [1.54, 1.807) is 0 Å². The summed E-state index contributed by atoms with van der Waals surface area (Å²) >= 11 is 0. The number of benzene rings is 7. The Morgan fingerprint density at radius 3 is 1.79 bits per heavy atom. The number of nitrogens with zero attached hydrogens (tertiary/aromatic N) is 4. The Bertz CT molecular complexity index is 2730. The SMILES string of the molecule is [Pt].[c-]1c(Oc2[c-]c3c(cc2)c2ccccc2n3-c2cc(C(c3ccccc3)(c3ccccc3)c3ccccc3)ccn2)cccc1N1C=CN(c2ccccc2)[CH-]1. The van der Waals surface area contributed by atoms with Gasteiger partial charge in [-0.15, -0.1) is 48.1 Å². The first-order chi connectivity index (χ1) is 27.8. The monoisotopic (exact) mass is 914 g/mol. The average molecular weight is 915 g/mol. The molecule has 2 aromatic heterocycles. The van der Waals surface area contributed by atoms with Crippen molar-refractivity contribution in [3.05, 3.63) is 248 Å². The van der Waals surface area contributed by atoms with E-state index < -0.39 is 5.41 Å². The minimum Gasteiger partial charge on any atom is -0.509 e. The molecule has 3 heterocycles. The third-order valence-electron chi connectivity index (χ3n) is 10.5. The van der Waals surface area contributed by atoms with E-state index in [-0.39, 0.29) is 21.1 Å². The first kappa shape index (κ1) is 36.0. The van der Waals surface area contributed by atoms with Crippen LogP contribution in [0.4, 0.5) is 11.4 Å². The molecule has 0 fully saturated rings. The molecule has 0 radical (unpaired) electrons. The molecule has 57 heavy (non-hydrogen) atoms. The number of fused-ring (bicyclic) bond motifs is 3. The molecule has 0 saturated carbocycles. The fraction of sp³-hybridized carbons (Fsp3) is 0.0196. The van der Waals surface area contributed by atoms with Crippen molar-refractivity contribution in [2.45, 2.75) is 5.41 Å². The summed E-state index contributed by atoms with van der Waals surface area (Å²) in [6, 6.07) is 72.5. The summed E-state index contributed by atoms with van der Waals surface area (Å²) in [5.74, 6) is 1.98. The number of rotatable bonds is 9. The number of pyridine rings is 1. The third kappa shape index (κ3) is 6.50. The maximum absolute atomic E-state index is 6.51. The summed E-state index contributed by atoms with van der Waals surface area (Å²) in [4.78, 5) is 9.16. The van der Waals surface area contributed by atoms with E-state index in [9.17, 15) is 0 Å². The predicted molar refractivity (Wildman–Crippen MR) is 226 cm³/mol. The van der Waals surface area contributed by atoms with Gasteiger partial charge in [-0.25, -0.2) is 4.98 Å². The Labute approximate surface area is 347 Å². The molecule has 0 bridgehead atoms. The molecule has 5 nitrogen and oxygen atoms in total. The van der Waals surface area contributed by atoms with Crippen LogP contribution in [0.1, 0.15) is 22.3 Å². The van der Waals surface area contributed by atoms with Crippen molar-refractivity contribution in [2.75, 3.05) is 9.80 Å². The molecule has 0 N–H and O–H groups in total. The topological polar surface area (TPSA) is 33.5 Å². The largest absolute Gasteiger partial charge is 0.509 e. The zero-order chi connectivity index (χ0) is 37.3. The Morgan fingerprint density at radius 2 is 1.11 bits per heavy atom. The van der Waals surface area contributed by atoms with Crippen molar-refractivity contribution in [1.29, 1.82) is 0 Å². The van der Waals surface area contributed by atoms with E-state index in [1.165, 1.54) is 16.7 Å². The Morgan fingerprint density at radius 1 is 0.509 bits per heavy atom. The molecule has 9 aromatic rings. The molecular weight excluding hydrogens is 880 g/mol. The quantitative estimate of drug-likeness (QED) is 0.107. The number of hydrogen-bond acceptors (Lipinski definition) is 4. The molecule has 0 amide bonds. The Kier molecular flexibility index (Phi) is 9.76. The zero-order valence-corrected chi connectivity index (χ0v) is 33.0. The van der Waals surface area contributed by atoms with Crippen LogP contribution in [0.15, 0.2) is 207 Å². The van der Waals surface area contributed by atoms with Gasteiger partial charge >= 0.3 is 0 Å². The average Bonchev–Trinajstić information content (AvgIpc) is 3.90. The zero-order valence-electron chi connectivity index (χ0n) is 30.7. The van der Waals surface area contributed by atoms with Crippen molar-refractivity contribution < 1.29 is 25.8 Å². The summed E-state index contributed by atoms with van der Waals surface area (Å²) in [5.41, 5.74) is 7.89. The van der Waals surface area contributed by atoms with Crippen LogP contribution in [0.5, 0.6) is 11.5 Å². The maximum Gasteiger partial charge on any atom is 0.135 e. The number of ether oxygens (including phenoxy) is 1. The van der Waals surface area contributed by atoms with Gasteiger partial charge in [0.1, 0.15) is 5.82 Å². The van der Waals surface area contributed by atoms with Crippen LogP contribution >= 0.6 is 0 Å². The summed E-state index contributed by atoms with van der Waals surface area (Å²) in [6.45, 7) is 2.03. The van der Waals surface area contributed by atoms with E-state index in [2.05, 4.69) is 167 Å². The van der Waals surface area contributed by atoms with Gasteiger partial charge in [-0.2, -0.15) is 12.1 Å². The second kappa shape index (κ2) is 15.5. The second-order valence-corrected chi connectivity index (χ2v) is 13.8. The first-order valence-corrected chi connectivity index (χ1v) is 18.7. The van der Waals surface area contributed by atoms with Crippen LogP contribution in [-0.2, 0) is 26.5 Å². The van der Waals surface area contributed by atoms with Crippen molar-refractivity contribution in [2.24, 2.45) is 0 Å². The van der Waals surface area contributed by atoms with Crippen LogP contribution in [0.2, 0.25) is 0 Å². The Balaban J connectivity index is 0.00000422. The van der Waals surface area contributed by atoms with E-state index in [4.69, 9.17) is 9.72 Å². The molecule has 10 rings (SSSR count). The molecule has 1 aliphatic rings. The summed E-state index contributed by atoms with van der Waals surface area (Å²) in [6.07, 6.45) is 5.98. The third-order valence-corrected chi connectivity index (χ3v) is 10.5. The molecule has 0 aliphatic carbocycles. The molecule has 0 atom stereocenters. The maximum atomic E-state index is 6.51. The minimum absolute atomic E-state index is 0. The molecule has 1 aliphatic heterocycles. The van der Waals surface area contributed by atoms with Crippen molar-refractivity contribution >= 4 is 33.2 Å². The van der Waals surface area contributed by atoms with Crippen molar-refractivity contribution in [3.8, 4) is 17.3 Å². The van der Waals surface area contributed by atoms with Gasteiger partial charge < -0.3 is 19.1 Å². The van der Waals surface area contributed by atoms with Gasteiger partial charge in [-0.1, -0.05) is 133 Å². The number of hydrogen-bond donors (Lipinski definition) is 0. The normalized spacial score (nSPS) is 12.6. The van der Waals surface area contributed by atoms with E-state index in [0.29, 0.717) is 11.5 Å². The van der Waals surface area contributed by atoms with Gasteiger partial charge in [-0.3, -0.25) is 0 Å². The van der Waals surface area contributed by atoms with E-state index in [0.717, 1.165) is 44.6 Å². The fourth-order valence-electron chi connectivity index (χ4n) is 8.02. The van der Waals surface area contributed by atoms with Gasteiger partial charge in [0.05, 0.1) is 5.41 Å². The van der Waals surface area contributed by atoms with Crippen molar-refractivity contribution in [3.63, 3.8) is 0 Å². The van der Waals surface area contributed by atoms with E-state index in [1.807, 2.05) is 72.6 Å². The van der Waals surface area contributed by atoms with Crippen LogP contribution in [-0.4, -0.2) is 9.55 Å². The first-order valence-electron chi connectivity index (χ1n) is 18.7. The standard InChI is InChI=1S/C51H35N4O.Pt/c1-5-16-38(17-6-1)51(39-18-7-2-8-19-39,40-20-9-3-10-21-40)41-30-31-52-50(34-41)55-48-27-14-13-26-46(48)47-29-28-45(36-49(47)55)56-44-25-15-24-43(35-44)54-33-32-53(37-54)42-22-11-4-12-23-42;/h1-34,37H;/q-3;. The minimum atomic E-state index is -0.612. The van der Waals surface area contributed by atoms with Crippen molar-refractivity contribution in [1.82, 2.24) is 9.55 Å². The predicted octanol–water partition coefficient (Wildman–Crippen LogP) is 11.9. The molecule has 0 spiro atoms. The summed E-state index contributed by atoms with van der Waals surface area (Å²) < 4.78 is 8.72. The van der Waals surface area contributed by atoms with E-state index >= 15 is 0 Å². The Hall–Kier alpha value is -6.68. The van der Waals surface area contributed by atoms with Crippen LogP contribution in [0, 0.1) is 18.8 Å². The van der Waals surface area contributed by atoms with Gasteiger partial charge in [0.2, 0.25) is 0 Å². The second-order valence-electron chi connectivity index (χ2n) is 13.8.